The topological polar surface area (TPSA) is 65.0 Å². The van der Waals surface area contributed by atoms with Crippen LogP contribution in [0, 0.1) is 0 Å². The van der Waals surface area contributed by atoms with Gasteiger partial charge in [0.05, 0.1) is 26.4 Å². The lowest BCUT2D eigenvalue weighted by atomic mass is 10.4. The third-order valence-electron chi connectivity index (χ3n) is 1.23. The fourth-order valence-corrected chi connectivity index (χ4v) is 0.387. The number of ether oxygens (including phenoxy) is 3. The first-order valence-corrected chi connectivity index (χ1v) is 4.50. The molecule has 5 heteroatoms. The lowest BCUT2D eigenvalue weighted by molar-refractivity contribution is -0.132. The van der Waals surface area contributed by atoms with Crippen molar-refractivity contribution in [1.82, 2.24) is 0 Å². The number of hydrogen-bond acceptors (Lipinski definition) is 4. The standard InChI is InChI=1S/C6H14O3.C4H6O2/c1-7-3-5-9-6-4-8-2;1-3(2)4(5)6/h3-6H2,1-2H3;1H2,2H3,(H,5,6). The van der Waals surface area contributed by atoms with Crippen LogP contribution >= 0.6 is 0 Å². The molecule has 0 aromatic rings. The third-order valence-corrected chi connectivity index (χ3v) is 1.23. The van der Waals surface area contributed by atoms with Crippen molar-refractivity contribution in [3.05, 3.63) is 12.2 Å². The summed E-state index contributed by atoms with van der Waals surface area (Å²) in [5.41, 5.74) is 0.176. The van der Waals surface area contributed by atoms with E-state index in [0.717, 1.165) is 0 Å². The predicted molar refractivity (Wildman–Crippen MR) is 57.0 cm³/mol. The third kappa shape index (κ3) is 19.5. The van der Waals surface area contributed by atoms with Crippen LogP contribution in [0.25, 0.3) is 0 Å². The first-order valence-electron chi connectivity index (χ1n) is 4.50. The molecule has 5 nitrogen and oxygen atoms in total. The second kappa shape index (κ2) is 13.1. The van der Waals surface area contributed by atoms with Gasteiger partial charge in [0.25, 0.3) is 0 Å². The maximum Gasteiger partial charge on any atom is 0.330 e. The Kier molecular flexibility index (Phi) is 14.4. The number of carbonyl (C=O) groups is 1. The van der Waals surface area contributed by atoms with E-state index in [2.05, 4.69) is 6.58 Å². The van der Waals surface area contributed by atoms with Crippen molar-refractivity contribution in [3.63, 3.8) is 0 Å². The summed E-state index contributed by atoms with van der Waals surface area (Å²) < 4.78 is 14.6. The summed E-state index contributed by atoms with van der Waals surface area (Å²) in [6.07, 6.45) is 0. The van der Waals surface area contributed by atoms with Gasteiger partial charge in [0.1, 0.15) is 0 Å². The van der Waals surface area contributed by atoms with Crippen molar-refractivity contribution in [3.8, 4) is 0 Å². The fourth-order valence-electron chi connectivity index (χ4n) is 0.387. The highest BCUT2D eigenvalue weighted by atomic mass is 16.5. The van der Waals surface area contributed by atoms with E-state index in [1.54, 1.807) is 14.2 Å². The van der Waals surface area contributed by atoms with Gasteiger partial charge in [-0.2, -0.15) is 0 Å². The van der Waals surface area contributed by atoms with Crippen LogP contribution in [0.4, 0.5) is 0 Å². The molecule has 0 amide bonds. The molecule has 0 rings (SSSR count). The molecule has 0 bridgehead atoms. The number of hydrogen-bond donors (Lipinski definition) is 1. The van der Waals surface area contributed by atoms with Crippen LogP contribution in [-0.4, -0.2) is 51.7 Å². The van der Waals surface area contributed by atoms with Gasteiger partial charge in [-0.15, -0.1) is 0 Å². The maximum atomic E-state index is 9.60. The van der Waals surface area contributed by atoms with Crippen molar-refractivity contribution >= 4 is 5.97 Å². The van der Waals surface area contributed by atoms with Crippen LogP contribution in [0.3, 0.4) is 0 Å². The summed E-state index contributed by atoms with van der Waals surface area (Å²) in [6, 6.07) is 0. The van der Waals surface area contributed by atoms with Crippen LogP contribution in [-0.2, 0) is 19.0 Å². The quantitative estimate of drug-likeness (QED) is 0.511. The van der Waals surface area contributed by atoms with Crippen LogP contribution < -0.4 is 0 Å². The molecule has 0 atom stereocenters. The largest absolute Gasteiger partial charge is 0.478 e. The summed E-state index contributed by atoms with van der Waals surface area (Å²) in [5, 5.41) is 7.89. The highest BCUT2D eigenvalue weighted by Gasteiger charge is 1.90. The zero-order chi connectivity index (χ0) is 12.1. The van der Waals surface area contributed by atoms with Gasteiger partial charge in [-0.3, -0.25) is 0 Å². The van der Waals surface area contributed by atoms with Crippen LogP contribution in [0.15, 0.2) is 12.2 Å². The Hall–Kier alpha value is -0.910. The zero-order valence-corrected chi connectivity index (χ0v) is 9.62. The molecule has 0 aliphatic heterocycles. The number of carboxylic acid groups (broad SMARTS) is 1. The highest BCUT2D eigenvalue weighted by Crippen LogP contribution is 1.81. The van der Waals surface area contributed by atoms with Crippen molar-refractivity contribution in [1.29, 1.82) is 0 Å². The van der Waals surface area contributed by atoms with Crippen LogP contribution in [0.2, 0.25) is 0 Å². The Labute approximate surface area is 90.6 Å². The van der Waals surface area contributed by atoms with E-state index in [4.69, 9.17) is 19.3 Å². The van der Waals surface area contributed by atoms with Gasteiger partial charge in [-0.1, -0.05) is 6.58 Å². The normalized spacial score (nSPS) is 9.00. The summed E-state index contributed by atoms with van der Waals surface area (Å²) >= 11 is 0. The highest BCUT2D eigenvalue weighted by molar-refractivity contribution is 5.84. The van der Waals surface area contributed by atoms with Gasteiger partial charge in [0, 0.05) is 19.8 Å². The van der Waals surface area contributed by atoms with Crippen molar-refractivity contribution in [2.24, 2.45) is 0 Å². The molecule has 0 aromatic heterocycles. The molecule has 0 fully saturated rings. The van der Waals surface area contributed by atoms with Gasteiger partial charge in [0.15, 0.2) is 0 Å². The molecular weight excluding hydrogens is 200 g/mol. The van der Waals surface area contributed by atoms with Crippen molar-refractivity contribution < 1.29 is 24.1 Å². The second-order valence-electron chi connectivity index (χ2n) is 2.68. The molecule has 0 spiro atoms. The molecule has 0 aliphatic carbocycles. The molecule has 90 valence electrons. The summed E-state index contributed by atoms with van der Waals surface area (Å²) in [4.78, 5) is 9.60. The number of rotatable bonds is 7. The molecular formula is C10H20O5. The van der Waals surface area contributed by atoms with E-state index in [-0.39, 0.29) is 5.57 Å². The minimum absolute atomic E-state index is 0.176. The molecule has 0 radical (unpaired) electrons. The van der Waals surface area contributed by atoms with Crippen molar-refractivity contribution in [2.75, 3.05) is 40.6 Å². The molecule has 0 saturated heterocycles. The summed E-state index contributed by atoms with van der Waals surface area (Å²) in [7, 11) is 3.30. The van der Waals surface area contributed by atoms with Gasteiger partial charge in [-0.25, -0.2) is 4.79 Å². The van der Waals surface area contributed by atoms with Gasteiger partial charge >= 0.3 is 5.97 Å². The SMILES string of the molecule is C=C(C)C(=O)O.COCCOCCOC. The first kappa shape index (κ1) is 16.5. The Morgan fingerprint density at radius 2 is 1.47 bits per heavy atom. The molecule has 0 aromatic carbocycles. The second-order valence-corrected chi connectivity index (χ2v) is 2.68. The van der Waals surface area contributed by atoms with E-state index in [1.807, 2.05) is 0 Å². The lowest BCUT2D eigenvalue weighted by Gasteiger charge is -2.00. The Bertz CT molecular complexity index is 149. The monoisotopic (exact) mass is 220 g/mol. The van der Waals surface area contributed by atoms with E-state index in [9.17, 15) is 4.79 Å². The molecule has 15 heavy (non-hydrogen) atoms. The van der Waals surface area contributed by atoms with Gasteiger partial charge < -0.3 is 19.3 Å². The van der Waals surface area contributed by atoms with E-state index in [0.29, 0.717) is 26.4 Å². The van der Waals surface area contributed by atoms with E-state index in [1.165, 1.54) is 6.92 Å². The number of aliphatic carboxylic acids is 1. The fraction of sp³-hybridized carbons (Fsp3) is 0.700. The average Bonchev–Trinajstić information content (AvgIpc) is 2.18. The van der Waals surface area contributed by atoms with Crippen LogP contribution in [0.1, 0.15) is 6.92 Å². The first-order chi connectivity index (χ1) is 7.06. The van der Waals surface area contributed by atoms with E-state index >= 15 is 0 Å². The summed E-state index contributed by atoms with van der Waals surface area (Å²) in [5.74, 6) is -0.935. The Morgan fingerprint density at radius 3 is 1.67 bits per heavy atom. The molecule has 0 unspecified atom stereocenters. The molecule has 0 aliphatic rings. The molecule has 0 heterocycles. The lowest BCUT2D eigenvalue weighted by Crippen LogP contribution is -2.06. The van der Waals surface area contributed by atoms with Crippen LogP contribution in [0.5, 0.6) is 0 Å². The Morgan fingerprint density at radius 1 is 1.13 bits per heavy atom. The average molecular weight is 220 g/mol. The predicted octanol–water partition coefficient (Wildman–Crippen LogP) is 0.943. The van der Waals surface area contributed by atoms with Gasteiger partial charge in [0.2, 0.25) is 0 Å². The van der Waals surface area contributed by atoms with E-state index < -0.39 is 5.97 Å². The number of methoxy groups -OCH3 is 2. The van der Waals surface area contributed by atoms with Crippen molar-refractivity contribution in [2.45, 2.75) is 6.92 Å². The maximum absolute atomic E-state index is 9.60. The smallest absolute Gasteiger partial charge is 0.330 e. The molecule has 0 saturated carbocycles. The Balaban J connectivity index is 0. The number of carboxylic acids is 1. The summed E-state index contributed by atoms with van der Waals surface area (Å²) in [6.45, 7) is 7.22. The zero-order valence-electron chi connectivity index (χ0n) is 9.62. The van der Waals surface area contributed by atoms with Gasteiger partial charge in [-0.05, 0) is 6.92 Å². The molecule has 1 N–H and O–H groups in total. The minimum atomic E-state index is -0.935. The minimum Gasteiger partial charge on any atom is -0.478 e.